The van der Waals surface area contributed by atoms with Crippen molar-refractivity contribution < 1.29 is 14.3 Å². The molecule has 1 fully saturated rings. The molecule has 0 aromatic heterocycles. The second-order valence-corrected chi connectivity index (χ2v) is 6.04. The molecule has 2 N–H and O–H groups in total. The number of hydrogen-bond acceptors (Lipinski definition) is 4. The zero-order valence-corrected chi connectivity index (χ0v) is 14.4. The lowest BCUT2D eigenvalue weighted by Gasteiger charge is -2.29. The summed E-state index contributed by atoms with van der Waals surface area (Å²) in [6.45, 7) is 2.80. The van der Waals surface area contributed by atoms with Crippen LogP contribution in [0.5, 0.6) is 5.75 Å². The second-order valence-electron chi connectivity index (χ2n) is 5.63. The van der Waals surface area contributed by atoms with Crippen LogP contribution in [-0.2, 0) is 4.74 Å². The van der Waals surface area contributed by atoms with Crippen molar-refractivity contribution in [2.45, 2.75) is 18.9 Å². The standard InChI is InChI=1S/C16H24ClN3O3/c1-20-8-6-12(7-9-20)18-16(21)19-14-5-3-4-13(17)15(14)23-11-10-22-2/h3-5,12H,6-11H2,1-2H3,(H2,18,19,21). The molecule has 1 saturated heterocycles. The number of benzene rings is 1. The van der Waals surface area contributed by atoms with Gasteiger partial charge in [0, 0.05) is 13.2 Å². The van der Waals surface area contributed by atoms with Gasteiger partial charge >= 0.3 is 6.03 Å². The maximum Gasteiger partial charge on any atom is 0.319 e. The zero-order valence-electron chi connectivity index (χ0n) is 13.6. The Hall–Kier alpha value is -1.50. The first-order valence-electron chi connectivity index (χ1n) is 7.76. The summed E-state index contributed by atoms with van der Waals surface area (Å²) in [4.78, 5) is 14.5. The number of halogens is 1. The van der Waals surface area contributed by atoms with Crippen molar-refractivity contribution in [3.05, 3.63) is 23.2 Å². The van der Waals surface area contributed by atoms with Gasteiger partial charge in [-0.25, -0.2) is 4.79 Å². The van der Waals surface area contributed by atoms with E-state index in [0.717, 1.165) is 25.9 Å². The minimum Gasteiger partial charge on any atom is -0.487 e. The number of urea groups is 1. The van der Waals surface area contributed by atoms with Crippen molar-refractivity contribution >= 4 is 23.3 Å². The molecule has 0 unspecified atom stereocenters. The molecule has 6 nitrogen and oxygen atoms in total. The third kappa shape index (κ3) is 5.57. The molecule has 2 amide bonds. The van der Waals surface area contributed by atoms with Gasteiger partial charge in [-0.1, -0.05) is 17.7 Å². The number of anilines is 1. The second kappa shape index (κ2) is 8.96. The van der Waals surface area contributed by atoms with Crippen molar-refractivity contribution in [3.63, 3.8) is 0 Å². The lowest BCUT2D eigenvalue weighted by atomic mass is 10.1. The van der Waals surface area contributed by atoms with Crippen molar-refractivity contribution in [2.24, 2.45) is 0 Å². The van der Waals surface area contributed by atoms with Crippen LogP contribution in [0.4, 0.5) is 10.5 Å². The molecule has 1 aliphatic rings. The average molecular weight is 342 g/mol. The molecular formula is C16H24ClN3O3. The Labute approximate surface area is 142 Å². The van der Waals surface area contributed by atoms with E-state index in [0.29, 0.717) is 29.7 Å². The van der Waals surface area contributed by atoms with Crippen LogP contribution in [0.2, 0.25) is 5.02 Å². The number of methoxy groups -OCH3 is 1. The van der Waals surface area contributed by atoms with Gasteiger partial charge in [0.2, 0.25) is 0 Å². The minimum atomic E-state index is -0.238. The highest BCUT2D eigenvalue weighted by Gasteiger charge is 2.19. The quantitative estimate of drug-likeness (QED) is 0.781. The Balaban J connectivity index is 1.93. The number of carbonyl (C=O) groups excluding carboxylic acids is 1. The molecule has 23 heavy (non-hydrogen) atoms. The minimum absolute atomic E-state index is 0.197. The summed E-state index contributed by atoms with van der Waals surface area (Å²) >= 11 is 6.16. The van der Waals surface area contributed by atoms with Crippen LogP contribution in [0.1, 0.15) is 12.8 Å². The van der Waals surface area contributed by atoms with Gasteiger partial charge in [-0.3, -0.25) is 0 Å². The predicted molar refractivity (Wildman–Crippen MR) is 91.5 cm³/mol. The van der Waals surface area contributed by atoms with Crippen LogP contribution in [0.3, 0.4) is 0 Å². The van der Waals surface area contributed by atoms with Crippen LogP contribution in [0.25, 0.3) is 0 Å². The average Bonchev–Trinajstić information content (AvgIpc) is 2.52. The molecule has 2 rings (SSSR count). The fourth-order valence-corrected chi connectivity index (χ4v) is 2.71. The fraction of sp³-hybridized carbons (Fsp3) is 0.562. The summed E-state index contributed by atoms with van der Waals surface area (Å²) in [7, 11) is 3.69. The Morgan fingerprint density at radius 1 is 1.35 bits per heavy atom. The Kier molecular flexibility index (Phi) is 6.95. The molecule has 1 heterocycles. The molecule has 1 aliphatic heterocycles. The third-order valence-corrected chi connectivity index (χ3v) is 4.10. The number of carbonyl (C=O) groups is 1. The van der Waals surface area contributed by atoms with Crippen molar-refractivity contribution in [3.8, 4) is 5.75 Å². The Morgan fingerprint density at radius 2 is 2.09 bits per heavy atom. The van der Waals surface area contributed by atoms with Crippen LogP contribution in [-0.4, -0.2) is 57.4 Å². The van der Waals surface area contributed by atoms with Gasteiger partial charge in [-0.15, -0.1) is 0 Å². The first-order valence-corrected chi connectivity index (χ1v) is 8.14. The van der Waals surface area contributed by atoms with Gasteiger partial charge in [0.15, 0.2) is 5.75 Å². The van der Waals surface area contributed by atoms with Gasteiger partial charge in [0.25, 0.3) is 0 Å². The Bertz CT molecular complexity index is 519. The maximum absolute atomic E-state index is 12.2. The van der Waals surface area contributed by atoms with E-state index >= 15 is 0 Å². The van der Waals surface area contributed by atoms with Crippen LogP contribution in [0, 0.1) is 0 Å². The van der Waals surface area contributed by atoms with E-state index < -0.39 is 0 Å². The number of piperidine rings is 1. The largest absolute Gasteiger partial charge is 0.487 e. The number of nitrogens with one attached hydrogen (secondary N) is 2. The molecule has 1 aromatic rings. The first-order chi connectivity index (χ1) is 11.1. The Morgan fingerprint density at radius 3 is 2.78 bits per heavy atom. The molecular weight excluding hydrogens is 318 g/mol. The summed E-state index contributed by atoms with van der Waals surface area (Å²) in [5.41, 5.74) is 0.555. The lowest BCUT2D eigenvalue weighted by molar-refractivity contribution is 0.146. The van der Waals surface area contributed by atoms with Gasteiger partial charge in [0.1, 0.15) is 6.61 Å². The monoisotopic (exact) mass is 341 g/mol. The number of likely N-dealkylation sites (tertiary alicyclic amines) is 1. The molecule has 0 atom stereocenters. The molecule has 0 bridgehead atoms. The first kappa shape index (κ1) is 17.8. The highest BCUT2D eigenvalue weighted by Crippen LogP contribution is 2.32. The van der Waals surface area contributed by atoms with Crippen LogP contribution >= 0.6 is 11.6 Å². The van der Waals surface area contributed by atoms with E-state index in [1.165, 1.54) is 0 Å². The van der Waals surface area contributed by atoms with E-state index in [4.69, 9.17) is 21.1 Å². The third-order valence-electron chi connectivity index (χ3n) is 3.80. The number of ether oxygens (including phenoxy) is 2. The van der Waals surface area contributed by atoms with Crippen LogP contribution < -0.4 is 15.4 Å². The number of nitrogens with zero attached hydrogens (tertiary/aromatic N) is 1. The SMILES string of the molecule is COCCOc1c(Cl)cccc1NC(=O)NC1CCN(C)CC1. The molecule has 1 aromatic carbocycles. The summed E-state index contributed by atoms with van der Waals surface area (Å²) in [6.07, 6.45) is 1.91. The molecule has 0 aliphatic carbocycles. The molecule has 7 heteroatoms. The van der Waals surface area contributed by atoms with Crippen molar-refractivity contribution in [1.29, 1.82) is 0 Å². The van der Waals surface area contributed by atoms with Crippen molar-refractivity contribution in [1.82, 2.24) is 10.2 Å². The highest BCUT2D eigenvalue weighted by molar-refractivity contribution is 6.32. The summed E-state index contributed by atoms with van der Waals surface area (Å²) in [5, 5.41) is 6.28. The van der Waals surface area contributed by atoms with E-state index in [2.05, 4.69) is 22.6 Å². The molecule has 0 saturated carbocycles. The van der Waals surface area contributed by atoms with E-state index in [1.54, 1.807) is 25.3 Å². The fourth-order valence-electron chi connectivity index (χ4n) is 2.48. The van der Waals surface area contributed by atoms with Gasteiger partial charge in [-0.2, -0.15) is 0 Å². The summed E-state index contributed by atoms with van der Waals surface area (Å²) < 4.78 is 10.6. The molecule has 0 spiro atoms. The van der Waals surface area contributed by atoms with E-state index in [1.807, 2.05) is 0 Å². The van der Waals surface area contributed by atoms with E-state index in [9.17, 15) is 4.79 Å². The zero-order chi connectivity index (χ0) is 16.7. The molecule has 0 radical (unpaired) electrons. The topological polar surface area (TPSA) is 62.8 Å². The maximum atomic E-state index is 12.2. The lowest BCUT2D eigenvalue weighted by Crippen LogP contribution is -2.44. The number of amides is 2. The summed E-state index contributed by atoms with van der Waals surface area (Å²) in [5.74, 6) is 0.463. The highest BCUT2D eigenvalue weighted by atomic mass is 35.5. The number of rotatable bonds is 6. The predicted octanol–water partition coefficient (Wildman–Crippen LogP) is 2.58. The summed E-state index contributed by atoms with van der Waals surface area (Å²) in [6, 6.07) is 5.23. The van der Waals surface area contributed by atoms with Gasteiger partial charge in [0.05, 0.1) is 17.3 Å². The number of hydrogen-bond donors (Lipinski definition) is 2. The van der Waals surface area contributed by atoms with Gasteiger partial charge < -0.3 is 25.0 Å². The van der Waals surface area contributed by atoms with E-state index in [-0.39, 0.29) is 12.1 Å². The van der Waals surface area contributed by atoms with Gasteiger partial charge in [-0.05, 0) is 45.1 Å². The smallest absolute Gasteiger partial charge is 0.319 e. The molecule has 128 valence electrons. The normalized spacial score (nSPS) is 16.1. The van der Waals surface area contributed by atoms with Crippen LogP contribution in [0.15, 0.2) is 18.2 Å². The number of para-hydroxylation sites is 1. The van der Waals surface area contributed by atoms with Crippen molar-refractivity contribution in [2.75, 3.05) is 45.8 Å².